The third-order valence-electron chi connectivity index (χ3n) is 3.53. The number of ether oxygens (including phenoxy) is 1. The molecule has 2 N–H and O–H groups in total. The zero-order valence-electron chi connectivity index (χ0n) is 11.4. The van der Waals surface area contributed by atoms with Gasteiger partial charge in [0.2, 0.25) is 5.91 Å². The number of anilines is 1. The van der Waals surface area contributed by atoms with Gasteiger partial charge in [0.15, 0.2) is 0 Å². The number of carbonyl (C=O) groups excluding carboxylic acids is 1. The van der Waals surface area contributed by atoms with Gasteiger partial charge in [0.1, 0.15) is 0 Å². The fourth-order valence-corrected chi connectivity index (χ4v) is 2.60. The molecule has 0 aromatic heterocycles. The molecule has 4 nitrogen and oxygen atoms in total. The summed E-state index contributed by atoms with van der Waals surface area (Å²) in [5.41, 5.74) is 1.58. The third-order valence-corrected chi connectivity index (χ3v) is 3.89. The van der Waals surface area contributed by atoms with Gasteiger partial charge in [-0.3, -0.25) is 4.79 Å². The molecule has 1 saturated heterocycles. The van der Waals surface area contributed by atoms with Gasteiger partial charge in [-0.15, -0.1) is 0 Å². The van der Waals surface area contributed by atoms with Gasteiger partial charge in [-0.05, 0) is 48.9 Å². The van der Waals surface area contributed by atoms with Crippen molar-refractivity contribution in [3.8, 4) is 0 Å². The summed E-state index contributed by atoms with van der Waals surface area (Å²) in [6.45, 7) is 1.54. The molecule has 0 saturated carbocycles. The molecule has 0 radical (unpaired) electrons. The molecule has 0 bridgehead atoms. The van der Waals surface area contributed by atoms with E-state index in [9.17, 15) is 4.79 Å². The number of amides is 1. The third kappa shape index (κ3) is 4.47. The van der Waals surface area contributed by atoms with Gasteiger partial charge in [0.25, 0.3) is 0 Å². The van der Waals surface area contributed by atoms with Crippen LogP contribution in [0.4, 0.5) is 5.69 Å². The van der Waals surface area contributed by atoms with Crippen molar-refractivity contribution >= 4 is 23.2 Å². The van der Waals surface area contributed by atoms with E-state index in [0.29, 0.717) is 23.8 Å². The predicted molar refractivity (Wildman–Crippen MR) is 79.0 cm³/mol. The molecule has 110 valence electrons. The molecule has 1 aromatic rings. The molecule has 20 heavy (non-hydrogen) atoms. The molecule has 1 heterocycles. The lowest BCUT2D eigenvalue weighted by molar-refractivity contribution is -0.117. The number of aliphatic hydroxyl groups is 1. The van der Waals surface area contributed by atoms with Crippen molar-refractivity contribution in [2.75, 3.05) is 25.1 Å². The van der Waals surface area contributed by atoms with E-state index in [2.05, 4.69) is 5.32 Å². The normalized spacial score (nSPS) is 16.1. The van der Waals surface area contributed by atoms with Crippen LogP contribution in [0.2, 0.25) is 5.02 Å². The van der Waals surface area contributed by atoms with E-state index in [1.165, 1.54) is 0 Å². The first-order valence-corrected chi connectivity index (χ1v) is 7.33. The minimum Gasteiger partial charge on any atom is -0.396 e. The monoisotopic (exact) mass is 297 g/mol. The molecule has 0 unspecified atom stereocenters. The predicted octanol–water partition coefficient (Wildman–Crippen LogP) is 2.63. The maximum Gasteiger partial charge on any atom is 0.224 e. The first-order chi connectivity index (χ1) is 9.69. The van der Waals surface area contributed by atoms with Gasteiger partial charge in [-0.2, -0.15) is 0 Å². The Morgan fingerprint density at radius 2 is 2.15 bits per heavy atom. The Balaban J connectivity index is 1.91. The van der Waals surface area contributed by atoms with Crippen molar-refractivity contribution in [2.24, 2.45) is 5.92 Å². The van der Waals surface area contributed by atoms with Crippen molar-refractivity contribution < 1.29 is 14.6 Å². The Labute approximate surface area is 124 Å². The second kappa shape index (κ2) is 7.62. The Morgan fingerprint density at radius 3 is 2.85 bits per heavy atom. The maximum absolute atomic E-state index is 12.0. The standard InChI is InChI=1S/C15H20ClNO3/c16-14-2-1-13(10-12(14)3-6-18)17-15(19)9-11-4-7-20-8-5-11/h1-2,10-11,18H,3-9H2,(H,17,19). The molecule has 0 aliphatic carbocycles. The Bertz CT molecular complexity index is 458. The van der Waals surface area contributed by atoms with E-state index in [1.807, 2.05) is 6.07 Å². The van der Waals surface area contributed by atoms with Crippen LogP contribution in [0.5, 0.6) is 0 Å². The molecule has 1 amide bonds. The SMILES string of the molecule is O=C(CC1CCOCC1)Nc1ccc(Cl)c(CCO)c1. The Kier molecular flexibility index (Phi) is 5.83. The number of halogens is 1. The number of rotatable bonds is 5. The van der Waals surface area contributed by atoms with Gasteiger partial charge in [-0.1, -0.05) is 11.6 Å². The van der Waals surface area contributed by atoms with Crippen molar-refractivity contribution in [3.63, 3.8) is 0 Å². The van der Waals surface area contributed by atoms with Crippen LogP contribution in [0, 0.1) is 5.92 Å². The van der Waals surface area contributed by atoms with E-state index in [-0.39, 0.29) is 12.5 Å². The van der Waals surface area contributed by atoms with Crippen LogP contribution in [-0.4, -0.2) is 30.8 Å². The van der Waals surface area contributed by atoms with Crippen LogP contribution in [0.3, 0.4) is 0 Å². The van der Waals surface area contributed by atoms with E-state index in [0.717, 1.165) is 37.3 Å². The summed E-state index contributed by atoms with van der Waals surface area (Å²) in [6, 6.07) is 5.35. The zero-order chi connectivity index (χ0) is 14.4. The molecule has 1 aliphatic heterocycles. The molecule has 0 atom stereocenters. The van der Waals surface area contributed by atoms with Crippen LogP contribution in [0.25, 0.3) is 0 Å². The highest BCUT2D eigenvalue weighted by atomic mass is 35.5. The van der Waals surface area contributed by atoms with Crippen LogP contribution < -0.4 is 5.32 Å². The quantitative estimate of drug-likeness (QED) is 0.878. The van der Waals surface area contributed by atoms with Gasteiger partial charge >= 0.3 is 0 Å². The zero-order valence-corrected chi connectivity index (χ0v) is 12.2. The first-order valence-electron chi connectivity index (χ1n) is 6.96. The van der Waals surface area contributed by atoms with Crippen molar-refractivity contribution in [1.82, 2.24) is 0 Å². The largest absolute Gasteiger partial charge is 0.396 e. The molecule has 5 heteroatoms. The molecule has 1 aliphatic rings. The molecule has 1 fully saturated rings. The van der Waals surface area contributed by atoms with Crippen LogP contribution >= 0.6 is 11.6 Å². The van der Waals surface area contributed by atoms with Crippen LogP contribution in [0.1, 0.15) is 24.8 Å². The summed E-state index contributed by atoms with van der Waals surface area (Å²) in [7, 11) is 0. The number of hydrogen-bond acceptors (Lipinski definition) is 3. The maximum atomic E-state index is 12.0. The van der Waals surface area contributed by atoms with Gasteiger partial charge < -0.3 is 15.2 Å². The molecule has 2 rings (SSSR count). The van der Waals surface area contributed by atoms with Crippen molar-refractivity contribution in [2.45, 2.75) is 25.7 Å². The number of benzene rings is 1. The second-order valence-electron chi connectivity index (χ2n) is 5.09. The summed E-state index contributed by atoms with van der Waals surface area (Å²) < 4.78 is 5.29. The van der Waals surface area contributed by atoms with Gasteiger partial charge in [0, 0.05) is 37.0 Å². The van der Waals surface area contributed by atoms with Crippen LogP contribution in [0.15, 0.2) is 18.2 Å². The molecule has 0 spiro atoms. The first kappa shape index (κ1) is 15.3. The fourth-order valence-electron chi connectivity index (χ4n) is 2.39. The highest BCUT2D eigenvalue weighted by molar-refractivity contribution is 6.31. The number of nitrogens with one attached hydrogen (secondary N) is 1. The summed E-state index contributed by atoms with van der Waals surface area (Å²) in [6.07, 6.45) is 2.91. The van der Waals surface area contributed by atoms with Crippen molar-refractivity contribution in [3.05, 3.63) is 28.8 Å². The Morgan fingerprint density at radius 1 is 1.40 bits per heavy atom. The Hall–Kier alpha value is -1.10. The highest BCUT2D eigenvalue weighted by Gasteiger charge is 2.17. The average molecular weight is 298 g/mol. The highest BCUT2D eigenvalue weighted by Crippen LogP contribution is 2.23. The summed E-state index contributed by atoms with van der Waals surface area (Å²) >= 11 is 6.03. The van der Waals surface area contributed by atoms with Crippen molar-refractivity contribution in [1.29, 1.82) is 0 Å². The van der Waals surface area contributed by atoms with Gasteiger partial charge in [-0.25, -0.2) is 0 Å². The molecular weight excluding hydrogens is 278 g/mol. The van der Waals surface area contributed by atoms with E-state index < -0.39 is 0 Å². The number of aliphatic hydroxyl groups excluding tert-OH is 1. The average Bonchev–Trinajstić information content (AvgIpc) is 2.44. The fraction of sp³-hybridized carbons (Fsp3) is 0.533. The lowest BCUT2D eigenvalue weighted by atomic mass is 9.96. The summed E-state index contributed by atoms with van der Waals surface area (Å²) in [5, 5.41) is 12.5. The summed E-state index contributed by atoms with van der Waals surface area (Å²) in [4.78, 5) is 12.0. The summed E-state index contributed by atoms with van der Waals surface area (Å²) in [5.74, 6) is 0.433. The lowest BCUT2D eigenvalue weighted by Crippen LogP contribution is -2.22. The van der Waals surface area contributed by atoms with E-state index in [4.69, 9.17) is 21.4 Å². The number of carbonyl (C=O) groups is 1. The van der Waals surface area contributed by atoms with Crippen LogP contribution in [-0.2, 0) is 16.0 Å². The lowest BCUT2D eigenvalue weighted by Gasteiger charge is -2.21. The minimum absolute atomic E-state index is 0.0224. The van der Waals surface area contributed by atoms with Gasteiger partial charge in [0.05, 0.1) is 0 Å². The smallest absolute Gasteiger partial charge is 0.224 e. The van der Waals surface area contributed by atoms with E-state index >= 15 is 0 Å². The molecular formula is C15H20ClNO3. The topological polar surface area (TPSA) is 58.6 Å². The number of hydrogen-bond donors (Lipinski definition) is 2. The molecule has 1 aromatic carbocycles. The minimum atomic E-state index is 0.0224. The van der Waals surface area contributed by atoms with E-state index in [1.54, 1.807) is 12.1 Å². The second-order valence-corrected chi connectivity index (χ2v) is 5.50.